The van der Waals surface area contributed by atoms with Gasteiger partial charge in [-0.3, -0.25) is 4.79 Å². The highest BCUT2D eigenvalue weighted by atomic mass is 35.5. The molecule has 7 nitrogen and oxygen atoms in total. The summed E-state index contributed by atoms with van der Waals surface area (Å²) in [5, 5.41) is 8.39. The van der Waals surface area contributed by atoms with Crippen LogP contribution in [0.2, 0.25) is 5.02 Å². The van der Waals surface area contributed by atoms with Crippen molar-refractivity contribution in [1.29, 1.82) is 0 Å². The average Bonchev–Trinajstić information content (AvgIpc) is 3.11. The fourth-order valence-corrected chi connectivity index (χ4v) is 3.63. The van der Waals surface area contributed by atoms with Gasteiger partial charge >= 0.3 is 0 Å². The Morgan fingerprint density at radius 3 is 2.69 bits per heavy atom. The molecule has 0 unspecified atom stereocenters. The Morgan fingerprint density at radius 1 is 1.28 bits per heavy atom. The fourth-order valence-electron chi connectivity index (χ4n) is 3.44. The minimum atomic E-state index is -0.514. The van der Waals surface area contributed by atoms with Crippen LogP contribution >= 0.6 is 11.6 Å². The van der Waals surface area contributed by atoms with Crippen LogP contribution in [0.3, 0.4) is 0 Å². The molecule has 0 saturated carbocycles. The molecule has 0 fully saturated rings. The van der Waals surface area contributed by atoms with Gasteiger partial charge in [0.05, 0.1) is 12.2 Å². The second-order valence-corrected chi connectivity index (χ2v) is 7.08. The average molecular weight is 410 g/mol. The molecule has 0 bridgehead atoms. The number of carbonyl (C=O) groups excluding carboxylic acids is 1. The molecule has 1 aromatic heterocycles. The van der Waals surface area contributed by atoms with Gasteiger partial charge in [0.15, 0.2) is 5.82 Å². The molecular weight excluding hydrogens is 390 g/mol. The van der Waals surface area contributed by atoms with Crippen LogP contribution in [0.15, 0.2) is 59.8 Å². The zero-order chi connectivity index (χ0) is 20.5. The van der Waals surface area contributed by atoms with E-state index in [1.165, 1.54) is 0 Å². The Bertz CT molecular complexity index is 1100. The third-order valence-electron chi connectivity index (χ3n) is 4.71. The summed E-state index contributed by atoms with van der Waals surface area (Å²) in [5.74, 6) is 1.27. The molecule has 2 aromatic carbocycles. The van der Waals surface area contributed by atoms with Crippen LogP contribution in [0.1, 0.15) is 25.5 Å². The number of nitrogens with one attached hydrogen (secondary N) is 1. The van der Waals surface area contributed by atoms with Gasteiger partial charge in [-0.1, -0.05) is 35.9 Å². The van der Waals surface area contributed by atoms with Crippen molar-refractivity contribution < 1.29 is 9.53 Å². The van der Waals surface area contributed by atoms with E-state index in [-0.39, 0.29) is 0 Å². The van der Waals surface area contributed by atoms with Crippen LogP contribution in [0.5, 0.6) is 5.75 Å². The van der Waals surface area contributed by atoms with E-state index in [9.17, 15) is 4.79 Å². The molecule has 3 N–H and O–H groups in total. The largest absolute Gasteiger partial charge is 0.494 e. The van der Waals surface area contributed by atoms with Crippen molar-refractivity contribution in [1.82, 2.24) is 14.8 Å². The minimum Gasteiger partial charge on any atom is -0.494 e. The van der Waals surface area contributed by atoms with Crippen LogP contribution in [0.25, 0.3) is 11.4 Å². The SMILES string of the molecule is CCOc1ccc([C@H]2C(C(N)=O)=C(C)Nc3nc(-c4cccc(Cl)c4)nn32)cc1. The first-order chi connectivity index (χ1) is 14.0. The van der Waals surface area contributed by atoms with Gasteiger partial charge in [-0.2, -0.15) is 4.98 Å². The first kappa shape index (κ1) is 19.0. The molecular formula is C21H20ClN5O2. The van der Waals surface area contributed by atoms with E-state index >= 15 is 0 Å². The predicted molar refractivity (Wildman–Crippen MR) is 112 cm³/mol. The quantitative estimate of drug-likeness (QED) is 0.668. The van der Waals surface area contributed by atoms with Crippen molar-refractivity contribution in [2.45, 2.75) is 19.9 Å². The second kappa shape index (κ2) is 7.60. The van der Waals surface area contributed by atoms with Gasteiger partial charge in [-0.05, 0) is 43.7 Å². The van der Waals surface area contributed by atoms with E-state index < -0.39 is 11.9 Å². The Hall–Kier alpha value is -3.32. The first-order valence-electron chi connectivity index (χ1n) is 9.20. The Balaban J connectivity index is 1.83. The Morgan fingerprint density at radius 2 is 2.03 bits per heavy atom. The monoisotopic (exact) mass is 409 g/mol. The third-order valence-corrected chi connectivity index (χ3v) is 4.94. The molecule has 1 atom stereocenters. The molecule has 0 saturated heterocycles. The number of halogens is 1. The molecule has 8 heteroatoms. The topological polar surface area (TPSA) is 95.1 Å². The lowest BCUT2D eigenvalue weighted by molar-refractivity contribution is -0.115. The molecule has 1 aliphatic heterocycles. The fraction of sp³-hybridized carbons (Fsp3) is 0.190. The summed E-state index contributed by atoms with van der Waals surface area (Å²) in [6, 6.07) is 14.3. The van der Waals surface area contributed by atoms with E-state index in [1.807, 2.05) is 43.3 Å². The number of anilines is 1. The van der Waals surface area contributed by atoms with Gasteiger partial charge < -0.3 is 15.8 Å². The van der Waals surface area contributed by atoms with Crippen molar-refractivity contribution in [2.24, 2.45) is 5.73 Å². The maximum absolute atomic E-state index is 12.3. The lowest BCUT2D eigenvalue weighted by atomic mass is 9.95. The van der Waals surface area contributed by atoms with Crippen LogP contribution in [0, 0.1) is 0 Å². The lowest BCUT2D eigenvalue weighted by Crippen LogP contribution is -2.31. The summed E-state index contributed by atoms with van der Waals surface area (Å²) >= 11 is 6.12. The van der Waals surface area contributed by atoms with Crippen LogP contribution in [-0.2, 0) is 4.79 Å². The van der Waals surface area contributed by atoms with E-state index in [0.29, 0.717) is 34.7 Å². The molecule has 0 radical (unpaired) electrons. The van der Waals surface area contributed by atoms with Crippen molar-refractivity contribution in [3.05, 3.63) is 70.4 Å². The first-order valence-corrected chi connectivity index (χ1v) is 9.58. The zero-order valence-electron chi connectivity index (χ0n) is 16.0. The van der Waals surface area contributed by atoms with Crippen molar-refractivity contribution >= 4 is 23.5 Å². The maximum Gasteiger partial charge on any atom is 0.248 e. The lowest BCUT2D eigenvalue weighted by Gasteiger charge is -2.27. The van der Waals surface area contributed by atoms with Gasteiger partial charge in [0, 0.05) is 16.3 Å². The van der Waals surface area contributed by atoms with Gasteiger partial charge in [-0.25, -0.2) is 4.68 Å². The molecule has 29 heavy (non-hydrogen) atoms. The summed E-state index contributed by atoms with van der Waals surface area (Å²) in [6.45, 7) is 4.31. The summed E-state index contributed by atoms with van der Waals surface area (Å²) in [5.41, 5.74) is 8.43. The summed E-state index contributed by atoms with van der Waals surface area (Å²) in [4.78, 5) is 16.9. The number of amides is 1. The molecule has 3 aromatic rings. The van der Waals surface area contributed by atoms with Crippen molar-refractivity contribution in [3.63, 3.8) is 0 Å². The number of benzene rings is 2. The number of rotatable bonds is 5. The Labute approximate surface area is 173 Å². The van der Waals surface area contributed by atoms with Gasteiger partial charge in [0.1, 0.15) is 11.8 Å². The number of carbonyl (C=O) groups is 1. The van der Waals surface area contributed by atoms with E-state index in [2.05, 4.69) is 15.4 Å². The summed E-state index contributed by atoms with van der Waals surface area (Å²) in [7, 11) is 0. The predicted octanol–water partition coefficient (Wildman–Crippen LogP) is 3.77. The normalized spacial score (nSPS) is 15.6. The zero-order valence-corrected chi connectivity index (χ0v) is 16.8. The van der Waals surface area contributed by atoms with Crippen molar-refractivity contribution in [3.8, 4) is 17.1 Å². The number of fused-ring (bicyclic) bond motifs is 1. The number of nitrogens with two attached hydrogens (primary N) is 1. The van der Waals surface area contributed by atoms with Crippen LogP contribution in [-0.4, -0.2) is 27.3 Å². The number of hydrogen-bond acceptors (Lipinski definition) is 5. The van der Waals surface area contributed by atoms with Crippen LogP contribution < -0.4 is 15.8 Å². The van der Waals surface area contributed by atoms with Crippen LogP contribution in [0.4, 0.5) is 5.95 Å². The van der Waals surface area contributed by atoms with E-state index in [0.717, 1.165) is 16.9 Å². The standard InChI is InChI=1S/C21H20ClN5O2/c1-3-29-16-9-7-13(8-10-16)18-17(19(23)28)12(2)24-21-25-20(26-27(18)21)14-5-4-6-15(22)11-14/h4-11,18H,3H2,1-2H3,(H2,23,28)(H,24,25,26)/t18-/m0/s1. The Kier molecular flexibility index (Phi) is 4.98. The molecule has 148 valence electrons. The minimum absolute atomic E-state index is 0.434. The molecule has 1 amide bonds. The van der Waals surface area contributed by atoms with Gasteiger partial charge in [0.2, 0.25) is 11.9 Å². The summed E-state index contributed by atoms with van der Waals surface area (Å²) in [6.07, 6.45) is 0. The maximum atomic E-state index is 12.3. The highest BCUT2D eigenvalue weighted by Crippen LogP contribution is 2.36. The smallest absolute Gasteiger partial charge is 0.248 e. The molecule has 0 aliphatic carbocycles. The number of primary amides is 1. The highest BCUT2D eigenvalue weighted by molar-refractivity contribution is 6.30. The van der Waals surface area contributed by atoms with E-state index in [1.54, 1.807) is 23.7 Å². The third kappa shape index (κ3) is 3.56. The van der Waals surface area contributed by atoms with Gasteiger partial charge in [-0.15, -0.1) is 5.10 Å². The number of ether oxygens (including phenoxy) is 1. The van der Waals surface area contributed by atoms with E-state index in [4.69, 9.17) is 22.1 Å². The molecule has 1 aliphatic rings. The number of hydrogen-bond donors (Lipinski definition) is 2. The number of nitrogens with zero attached hydrogens (tertiary/aromatic N) is 3. The van der Waals surface area contributed by atoms with Gasteiger partial charge in [0.25, 0.3) is 0 Å². The number of allylic oxidation sites excluding steroid dienone is 1. The molecule has 4 rings (SSSR count). The molecule has 0 spiro atoms. The molecule has 2 heterocycles. The van der Waals surface area contributed by atoms with Crippen molar-refractivity contribution in [2.75, 3.05) is 11.9 Å². The highest BCUT2D eigenvalue weighted by Gasteiger charge is 2.33. The second-order valence-electron chi connectivity index (χ2n) is 6.65. The number of aromatic nitrogens is 3. The summed E-state index contributed by atoms with van der Waals surface area (Å²) < 4.78 is 7.20.